The SMILES string of the molecule is C=C[C@]1(C)COC/C1=C\C(=O)OCC. The maximum atomic E-state index is 11.2. The maximum absolute atomic E-state index is 11.2. The van der Waals surface area contributed by atoms with E-state index in [4.69, 9.17) is 9.47 Å². The van der Waals surface area contributed by atoms with Gasteiger partial charge in [0, 0.05) is 11.5 Å². The molecule has 0 spiro atoms. The highest BCUT2D eigenvalue weighted by Crippen LogP contribution is 2.34. The van der Waals surface area contributed by atoms with E-state index in [-0.39, 0.29) is 11.4 Å². The van der Waals surface area contributed by atoms with Gasteiger partial charge in [0.15, 0.2) is 0 Å². The average Bonchev–Trinajstić information content (AvgIpc) is 2.49. The van der Waals surface area contributed by atoms with Gasteiger partial charge < -0.3 is 9.47 Å². The Balaban J connectivity index is 2.76. The van der Waals surface area contributed by atoms with E-state index in [0.29, 0.717) is 19.8 Å². The number of esters is 1. The largest absolute Gasteiger partial charge is 0.463 e. The second kappa shape index (κ2) is 4.42. The Bertz CT molecular complexity index is 268. The van der Waals surface area contributed by atoms with Crippen LogP contribution in [-0.2, 0) is 14.3 Å². The summed E-state index contributed by atoms with van der Waals surface area (Å²) in [5.41, 5.74) is 0.721. The predicted molar refractivity (Wildman–Crippen MR) is 53.8 cm³/mol. The van der Waals surface area contributed by atoms with Crippen LogP contribution < -0.4 is 0 Å². The summed E-state index contributed by atoms with van der Waals surface area (Å²) in [5, 5.41) is 0. The molecule has 14 heavy (non-hydrogen) atoms. The van der Waals surface area contributed by atoms with E-state index >= 15 is 0 Å². The summed E-state index contributed by atoms with van der Waals surface area (Å²) in [5.74, 6) is -0.305. The molecule has 0 bridgehead atoms. The van der Waals surface area contributed by atoms with Crippen LogP contribution in [0.3, 0.4) is 0 Å². The first-order chi connectivity index (χ1) is 6.62. The Labute approximate surface area is 84.4 Å². The van der Waals surface area contributed by atoms with E-state index in [0.717, 1.165) is 5.57 Å². The Morgan fingerprint density at radius 2 is 2.50 bits per heavy atom. The Kier molecular flexibility index (Phi) is 3.47. The Hall–Kier alpha value is -1.09. The van der Waals surface area contributed by atoms with Crippen molar-refractivity contribution >= 4 is 5.97 Å². The molecule has 0 aromatic carbocycles. The van der Waals surface area contributed by atoms with Gasteiger partial charge >= 0.3 is 5.97 Å². The van der Waals surface area contributed by atoms with Gasteiger partial charge in [-0.05, 0) is 12.5 Å². The molecule has 0 radical (unpaired) electrons. The van der Waals surface area contributed by atoms with Crippen molar-refractivity contribution in [3.63, 3.8) is 0 Å². The lowest BCUT2D eigenvalue weighted by molar-refractivity contribution is -0.137. The van der Waals surface area contributed by atoms with Crippen molar-refractivity contribution in [2.75, 3.05) is 19.8 Å². The van der Waals surface area contributed by atoms with E-state index in [2.05, 4.69) is 6.58 Å². The van der Waals surface area contributed by atoms with Crippen molar-refractivity contribution < 1.29 is 14.3 Å². The number of rotatable bonds is 3. The van der Waals surface area contributed by atoms with Crippen LogP contribution in [-0.4, -0.2) is 25.8 Å². The molecule has 78 valence electrons. The van der Waals surface area contributed by atoms with Gasteiger partial charge in [-0.1, -0.05) is 13.0 Å². The number of carbonyl (C=O) groups is 1. The van der Waals surface area contributed by atoms with Gasteiger partial charge in [0.25, 0.3) is 0 Å². The molecular formula is C11H16O3. The van der Waals surface area contributed by atoms with Crippen LogP contribution in [0, 0.1) is 5.41 Å². The first-order valence-corrected chi connectivity index (χ1v) is 4.71. The lowest BCUT2D eigenvalue weighted by Gasteiger charge is -2.17. The molecular weight excluding hydrogens is 180 g/mol. The number of carbonyl (C=O) groups excluding carboxylic acids is 1. The van der Waals surface area contributed by atoms with Gasteiger partial charge in [-0.15, -0.1) is 6.58 Å². The van der Waals surface area contributed by atoms with Crippen LogP contribution >= 0.6 is 0 Å². The van der Waals surface area contributed by atoms with E-state index in [9.17, 15) is 4.79 Å². The van der Waals surface area contributed by atoms with Crippen molar-refractivity contribution in [1.82, 2.24) is 0 Å². The number of hydrogen-bond donors (Lipinski definition) is 0. The van der Waals surface area contributed by atoms with Gasteiger partial charge in [-0.3, -0.25) is 0 Å². The quantitative estimate of drug-likeness (QED) is 0.391. The summed E-state index contributed by atoms with van der Waals surface area (Å²) in [4.78, 5) is 11.2. The second-order valence-corrected chi connectivity index (χ2v) is 3.54. The molecule has 0 aromatic heterocycles. The summed E-state index contributed by atoms with van der Waals surface area (Å²) in [7, 11) is 0. The normalized spacial score (nSPS) is 29.1. The third-order valence-electron chi connectivity index (χ3n) is 2.42. The number of hydrogen-bond acceptors (Lipinski definition) is 3. The molecule has 1 aliphatic heterocycles. The van der Waals surface area contributed by atoms with Crippen molar-refractivity contribution in [2.24, 2.45) is 5.41 Å². The Morgan fingerprint density at radius 3 is 3.07 bits per heavy atom. The molecule has 0 unspecified atom stereocenters. The standard InChI is InChI=1S/C11H16O3/c1-4-11(3)8-13-7-9(11)6-10(12)14-5-2/h4,6H,1,5,7-8H2,2-3H3/b9-6+/t11-/m1/s1. The monoisotopic (exact) mass is 196 g/mol. The average molecular weight is 196 g/mol. The first-order valence-electron chi connectivity index (χ1n) is 4.71. The van der Waals surface area contributed by atoms with Crippen molar-refractivity contribution in [1.29, 1.82) is 0 Å². The third kappa shape index (κ3) is 2.23. The molecule has 3 nitrogen and oxygen atoms in total. The summed E-state index contributed by atoms with van der Waals surface area (Å²) in [6.45, 7) is 9.00. The summed E-state index contributed by atoms with van der Waals surface area (Å²) in [6.07, 6.45) is 3.32. The van der Waals surface area contributed by atoms with Crippen molar-refractivity contribution in [3.05, 3.63) is 24.3 Å². The summed E-state index contributed by atoms with van der Waals surface area (Å²) >= 11 is 0. The zero-order valence-corrected chi connectivity index (χ0v) is 8.71. The van der Waals surface area contributed by atoms with Gasteiger partial charge in [-0.25, -0.2) is 4.79 Å². The highest BCUT2D eigenvalue weighted by molar-refractivity contribution is 5.83. The first kappa shape index (κ1) is 11.0. The van der Waals surface area contributed by atoms with Crippen LogP contribution in [0.2, 0.25) is 0 Å². The van der Waals surface area contributed by atoms with Gasteiger partial charge in [0.05, 0.1) is 19.8 Å². The molecule has 1 fully saturated rings. The molecule has 0 amide bonds. The van der Waals surface area contributed by atoms with Crippen molar-refractivity contribution in [2.45, 2.75) is 13.8 Å². The van der Waals surface area contributed by atoms with Crippen LogP contribution in [0.1, 0.15) is 13.8 Å². The van der Waals surface area contributed by atoms with E-state index < -0.39 is 0 Å². The summed E-state index contributed by atoms with van der Waals surface area (Å²) in [6, 6.07) is 0. The van der Waals surface area contributed by atoms with Crippen molar-refractivity contribution in [3.8, 4) is 0 Å². The molecule has 1 saturated heterocycles. The second-order valence-electron chi connectivity index (χ2n) is 3.54. The van der Waals surface area contributed by atoms with Gasteiger partial charge in [-0.2, -0.15) is 0 Å². The zero-order valence-electron chi connectivity index (χ0n) is 8.71. The third-order valence-corrected chi connectivity index (χ3v) is 2.42. The van der Waals surface area contributed by atoms with Crippen LogP contribution in [0.15, 0.2) is 24.3 Å². The minimum Gasteiger partial charge on any atom is -0.463 e. The maximum Gasteiger partial charge on any atom is 0.330 e. The molecule has 3 heteroatoms. The van der Waals surface area contributed by atoms with E-state index in [1.165, 1.54) is 6.08 Å². The summed E-state index contributed by atoms with van der Waals surface area (Å²) < 4.78 is 10.1. The van der Waals surface area contributed by atoms with Crippen LogP contribution in [0.25, 0.3) is 0 Å². The molecule has 1 aliphatic rings. The molecule has 1 atom stereocenters. The number of ether oxygens (including phenoxy) is 2. The van der Waals surface area contributed by atoms with Gasteiger partial charge in [0.1, 0.15) is 0 Å². The van der Waals surface area contributed by atoms with Crippen LogP contribution in [0.4, 0.5) is 0 Å². The molecule has 1 rings (SSSR count). The van der Waals surface area contributed by atoms with Crippen LogP contribution in [0.5, 0.6) is 0 Å². The van der Waals surface area contributed by atoms with Gasteiger partial charge in [0.2, 0.25) is 0 Å². The minimum absolute atomic E-state index is 0.216. The topological polar surface area (TPSA) is 35.5 Å². The molecule has 1 heterocycles. The molecule has 0 saturated carbocycles. The smallest absolute Gasteiger partial charge is 0.330 e. The highest BCUT2D eigenvalue weighted by Gasteiger charge is 2.32. The fourth-order valence-corrected chi connectivity index (χ4v) is 1.35. The predicted octanol–water partition coefficient (Wildman–Crippen LogP) is 1.70. The molecule has 0 N–H and O–H groups in total. The fraction of sp³-hybridized carbons (Fsp3) is 0.545. The van der Waals surface area contributed by atoms with E-state index in [1.807, 2.05) is 13.0 Å². The zero-order chi connectivity index (χ0) is 10.6. The molecule has 0 aromatic rings. The molecule has 0 aliphatic carbocycles. The lowest BCUT2D eigenvalue weighted by atomic mass is 9.85. The fourth-order valence-electron chi connectivity index (χ4n) is 1.35. The van der Waals surface area contributed by atoms with E-state index in [1.54, 1.807) is 6.92 Å². The lowest BCUT2D eigenvalue weighted by Crippen LogP contribution is -2.16. The highest BCUT2D eigenvalue weighted by atomic mass is 16.5. The Morgan fingerprint density at radius 1 is 1.79 bits per heavy atom. The minimum atomic E-state index is -0.305.